The molecule has 2 N–H and O–H groups in total. The molecule has 0 unspecified atom stereocenters. The van der Waals surface area contributed by atoms with Crippen molar-refractivity contribution in [3.63, 3.8) is 0 Å². The largest absolute Gasteiger partial charge is 0.494 e. The van der Waals surface area contributed by atoms with Crippen LogP contribution in [0.2, 0.25) is 0 Å². The van der Waals surface area contributed by atoms with E-state index in [-0.39, 0.29) is 24.8 Å². The number of anilines is 5. The summed E-state index contributed by atoms with van der Waals surface area (Å²) in [5, 5.41) is 6.54. The third kappa shape index (κ3) is 7.51. The smallest absolute Gasteiger partial charge is 0.233 e. The quantitative estimate of drug-likeness (QED) is 0.420. The molecule has 1 saturated heterocycles. The van der Waals surface area contributed by atoms with Crippen LogP contribution in [0.25, 0.3) is 0 Å². The molecule has 4 rings (SSSR count). The van der Waals surface area contributed by atoms with Crippen molar-refractivity contribution in [3.8, 4) is 11.5 Å². The van der Waals surface area contributed by atoms with E-state index in [2.05, 4.69) is 30.5 Å². The van der Waals surface area contributed by atoms with E-state index in [0.29, 0.717) is 44.3 Å². The Kier molecular flexibility index (Phi) is 10.9. The van der Waals surface area contributed by atoms with Crippen LogP contribution in [0, 0.1) is 0 Å². The van der Waals surface area contributed by atoms with Gasteiger partial charge in [0, 0.05) is 24.5 Å². The van der Waals surface area contributed by atoms with Crippen LogP contribution in [-0.2, 0) is 4.74 Å². The Morgan fingerprint density at radius 3 is 1.59 bits per heavy atom. The Morgan fingerprint density at radius 2 is 1.18 bits per heavy atom. The third-order valence-electron chi connectivity index (χ3n) is 4.76. The Labute approximate surface area is 212 Å². The lowest BCUT2D eigenvalue weighted by Gasteiger charge is -2.27. The van der Waals surface area contributed by atoms with Crippen molar-refractivity contribution in [1.29, 1.82) is 0 Å². The molecule has 9 nitrogen and oxygen atoms in total. The molecule has 11 heteroatoms. The maximum atomic E-state index is 5.51. The molecule has 0 radical (unpaired) electrons. The second kappa shape index (κ2) is 13.6. The van der Waals surface area contributed by atoms with E-state index in [9.17, 15) is 0 Å². The van der Waals surface area contributed by atoms with Crippen molar-refractivity contribution in [2.45, 2.75) is 13.8 Å². The highest BCUT2D eigenvalue weighted by Gasteiger charge is 2.17. The Morgan fingerprint density at radius 1 is 0.735 bits per heavy atom. The van der Waals surface area contributed by atoms with Gasteiger partial charge in [0.2, 0.25) is 17.8 Å². The fraction of sp³-hybridized carbons (Fsp3) is 0.348. The van der Waals surface area contributed by atoms with E-state index >= 15 is 0 Å². The number of halogens is 2. The molecular formula is C23H30Cl2N6O3. The molecule has 34 heavy (non-hydrogen) atoms. The lowest BCUT2D eigenvalue weighted by Crippen LogP contribution is -2.37. The highest BCUT2D eigenvalue weighted by atomic mass is 35.5. The molecule has 2 heterocycles. The molecule has 1 aliphatic heterocycles. The number of hydrogen-bond donors (Lipinski definition) is 2. The Balaban J connectivity index is 0.00000204. The first-order chi connectivity index (χ1) is 15.7. The second-order valence-corrected chi connectivity index (χ2v) is 7.05. The molecule has 0 spiro atoms. The van der Waals surface area contributed by atoms with Gasteiger partial charge in [-0.05, 0) is 62.4 Å². The number of morpholine rings is 1. The van der Waals surface area contributed by atoms with Gasteiger partial charge in [-0.2, -0.15) is 15.0 Å². The second-order valence-electron chi connectivity index (χ2n) is 7.05. The van der Waals surface area contributed by atoms with Crippen molar-refractivity contribution in [1.82, 2.24) is 15.0 Å². The van der Waals surface area contributed by atoms with Crippen LogP contribution in [-0.4, -0.2) is 54.5 Å². The average Bonchev–Trinajstić information content (AvgIpc) is 2.82. The van der Waals surface area contributed by atoms with Crippen LogP contribution in [0.4, 0.5) is 29.2 Å². The van der Waals surface area contributed by atoms with Gasteiger partial charge < -0.3 is 29.7 Å². The van der Waals surface area contributed by atoms with Gasteiger partial charge in [-0.25, -0.2) is 0 Å². The summed E-state index contributed by atoms with van der Waals surface area (Å²) in [7, 11) is 0. The predicted octanol–water partition coefficient (Wildman–Crippen LogP) is 4.84. The summed E-state index contributed by atoms with van der Waals surface area (Å²) in [5.41, 5.74) is 1.72. The average molecular weight is 509 g/mol. The lowest BCUT2D eigenvalue weighted by molar-refractivity contribution is 0.122. The van der Waals surface area contributed by atoms with Crippen LogP contribution in [0.3, 0.4) is 0 Å². The number of rotatable bonds is 9. The summed E-state index contributed by atoms with van der Waals surface area (Å²) in [5.74, 6) is 3.16. The zero-order valence-electron chi connectivity index (χ0n) is 19.2. The van der Waals surface area contributed by atoms with Gasteiger partial charge in [0.15, 0.2) is 0 Å². The number of benzene rings is 2. The third-order valence-corrected chi connectivity index (χ3v) is 4.76. The van der Waals surface area contributed by atoms with Gasteiger partial charge in [-0.3, -0.25) is 0 Å². The highest BCUT2D eigenvalue weighted by molar-refractivity contribution is 5.85. The number of ether oxygens (including phenoxy) is 3. The van der Waals surface area contributed by atoms with Gasteiger partial charge in [0.25, 0.3) is 0 Å². The minimum absolute atomic E-state index is 0. The van der Waals surface area contributed by atoms with Gasteiger partial charge in [-0.1, -0.05) is 0 Å². The van der Waals surface area contributed by atoms with E-state index in [0.717, 1.165) is 36.0 Å². The van der Waals surface area contributed by atoms with Gasteiger partial charge in [0.05, 0.1) is 26.4 Å². The highest BCUT2D eigenvalue weighted by Crippen LogP contribution is 2.23. The maximum Gasteiger partial charge on any atom is 0.233 e. The van der Waals surface area contributed by atoms with Gasteiger partial charge in [0.1, 0.15) is 11.5 Å². The number of nitrogens with one attached hydrogen (secondary N) is 2. The molecule has 0 saturated carbocycles. The SMILES string of the molecule is CCOc1ccc(Nc2nc(Nc3ccc(OCC)cc3)nc(N3CCOCC3)n2)cc1.Cl.Cl. The van der Waals surface area contributed by atoms with Crippen LogP contribution >= 0.6 is 24.8 Å². The first-order valence-corrected chi connectivity index (χ1v) is 10.8. The summed E-state index contributed by atoms with van der Waals surface area (Å²) in [6, 6.07) is 15.4. The molecule has 0 aliphatic carbocycles. The Hall–Kier alpha value is -3.01. The van der Waals surface area contributed by atoms with E-state index in [1.165, 1.54) is 0 Å². The first-order valence-electron chi connectivity index (χ1n) is 10.8. The van der Waals surface area contributed by atoms with E-state index in [1.807, 2.05) is 62.4 Å². The van der Waals surface area contributed by atoms with Crippen molar-refractivity contribution >= 4 is 54.0 Å². The fourth-order valence-electron chi connectivity index (χ4n) is 3.24. The predicted molar refractivity (Wildman–Crippen MR) is 139 cm³/mol. The Bertz CT molecular complexity index is 933. The summed E-state index contributed by atoms with van der Waals surface area (Å²) >= 11 is 0. The van der Waals surface area contributed by atoms with Crippen LogP contribution < -0.4 is 25.0 Å². The fourth-order valence-corrected chi connectivity index (χ4v) is 3.24. The van der Waals surface area contributed by atoms with Crippen molar-refractivity contribution in [3.05, 3.63) is 48.5 Å². The zero-order valence-corrected chi connectivity index (χ0v) is 20.8. The summed E-state index contributed by atoms with van der Waals surface area (Å²) in [6.45, 7) is 7.94. The standard InChI is InChI=1S/C23H28N6O3.2ClH/c1-3-31-19-9-5-17(6-10-19)24-21-26-22(25-18-7-11-20(12-8-18)32-4-2)28-23(27-21)29-13-15-30-16-14-29;;/h5-12H,3-4,13-16H2,1-2H3,(H2,24,25,26,27,28);2*1H. The van der Waals surface area contributed by atoms with Crippen LogP contribution in [0.1, 0.15) is 13.8 Å². The maximum absolute atomic E-state index is 5.51. The minimum atomic E-state index is 0. The number of hydrogen-bond acceptors (Lipinski definition) is 9. The van der Waals surface area contributed by atoms with Crippen molar-refractivity contribution in [2.75, 3.05) is 55.1 Å². The summed E-state index contributed by atoms with van der Waals surface area (Å²) < 4.78 is 16.5. The summed E-state index contributed by atoms with van der Waals surface area (Å²) in [4.78, 5) is 15.9. The molecule has 1 aliphatic rings. The summed E-state index contributed by atoms with van der Waals surface area (Å²) in [6.07, 6.45) is 0. The lowest BCUT2D eigenvalue weighted by atomic mass is 10.3. The van der Waals surface area contributed by atoms with Gasteiger partial charge in [-0.15, -0.1) is 24.8 Å². The van der Waals surface area contributed by atoms with E-state index < -0.39 is 0 Å². The van der Waals surface area contributed by atoms with E-state index in [4.69, 9.17) is 14.2 Å². The minimum Gasteiger partial charge on any atom is -0.494 e. The number of nitrogens with zero attached hydrogens (tertiary/aromatic N) is 4. The molecule has 1 aromatic heterocycles. The normalized spacial score (nSPS) is 12.7. The molecule has 184 valence electrons. The van der Waals surface area contributed by atoms with E-state index in [1.54, 1.807) is 0 Å². The van der Waals surface area contributed by atoms with Crippen molar-refractivity contribution < 1.29 is 14.2 Å². The van der Waals surface area contributed by atoms with Crippen molar-refractivity contribution in [2.24, 2.45) is 0 Å². The molecule has 3 aromatic rings. The molecule has 0 amide bonds. The molecular weight excluding hydrogens is 479 g/mol. The van der Waals surface area contributed by atoms with Crippen LogP contribution in [0.15, 0.2) is 48.5 Å². The topological polar surface area (TPSA) is 93.7 Å². The van der Waals surface area contributed by atoms with Crippen LogP contribution in [0.5, 0.6) is 11.5 Å². The first kappa shape index (κ1) is 27.2. The molecule has 0 bridgehead atoms. The molecule has 2 aromatic carbocycles. The zero-order chi connectivity index (χ0) is 22.2. The molecule has 0 atom stereocenters. The molecule has 1 fully saturated rings. The van der Waals surface area contributed by atoms with Gasteiger partial charge >= 0.3 is 0 Å². The number of aromatic nitrogens is 3. The monoisotopic (exact) mass is 508 g/mol.